The number of thioether (sulfide) groups is 1. The summed E-state index contributed by atoms with van der Waals surface area (Å²) >= 11 is 1.67. The maximum absolute atomic E-state index is 5.20. The molecule has 0 bridgehead atoms. The molecule has 5 heteroatoms. The lowest BCUT2D eigenvalue weighted by Crippen LogP contribution is -2.25. The van der Waals surface area contributed by atoms with Crippen molar-refractivity contribution in [3.8, 4) is 5.75 Å². The van der Waals surface area contributed by atoms with E-state index in [-0.39, 0.29) is 6.04 Å². The second kappa shape index (κ2) is 7.43. The molecule has 1 aromatic carbocycles. The monoisotopic (exact) mass is 303 g/mol. The van der Waals surface area contributed by atoms with Crippen LogP contribution in [0.25, 0.3) is 0 Å². The fourth-order valence-corrected chi connectivity index (χ4v) is 3.15. The van der Waals surface area contributed by atoms with Gasteiger partial charge in [-0.2, -0.15) is 0 Å². The van der Waals surface area contributed by atoms with Crippen molar-refractivity contribution in [2.75, 3.05) is 14.2 Å². The van der Waals surface area contributed by atoms with E-state index in [4.69, 9.17) is 4.74 Å². The van der Waals surface area contributed by atoms with Crippen LogP contribution in [-0.2, 0) is 0 Å². The van der Waals surface area contributed by atoms with E-state index in [0.29, 0.717) is 5.25 Å². The number of hydrogen-bond donors (Lipinski definition) is 1. The molecule has 0 aliphatic carbocycles. The van der Waals surface area contributed by atoms with Gasteiger partial charge >= 0.3 is 0 Å². The molecule has 2 rings (SSSR count). The van der Waals surface area contributed by atoms with Crippen molar-refractivity contribution in [3.05, 3.63) is 47.8 Å². The van der Waals surface area contributed by atoms with Crippen LogP contribution in [0.15, 0.2) is 41.8 Å². The van der Waals surface area contributed by atoms with Crippen LogP contribution in [0.2, 0.25) is 0 Å². The van der Waals surface area contributed by atoms with E-state index >= 15 is 0 Å². The van der Waals surface area contributed by atoms with Crippen LogP contribution in [0.3, 0.4) is 0 Å². The zero-order valence-corrected chi connectivity index (χ0v) is 13.6. The minimum absolute atomic E-state index is 0.228. The molecular weight excluding hydrogens is 282 g/mol. The zero-order valence-electron chi connectivity index (χ0n) is 12.8. The van der Waals surface area contributed by atoms with Crippen LogP contribution in [0.1, 0.15) is 24.1 Å². The van der Waals surface area contributed by atoms with Crippen LogP contribution in [0.4, 0.5) is 0 Å². The van der Waals surface area contributed by atoms with Crippen LogP contribution in [-0.4, -0.2) is 29.4 Å². The molecule has 0 fully saturated rings. The van der Waals surface area contributed by atoms with Crippen LogP contribution >= 0.6 is 11.8 Å². The van der Waals surface area contributed by atoms with E-state index < -0.39 is 0 Å². The fraction of sp³-hybridized carbons (Fsp3) is 0.375. The first-order valence-corrected chi connectivity index (χ1v) is 7.78. The first-order chi connectivity index (χ1) is 10.1. The van der Waals surface area contributed by atoms with Crippen molar-refractivity contribution < 1.29 is 4.74 Å². The summed E-state index contributed by atoms with van der Waals surface area (Å²) in [5, 5.41) is 4.49. The number of ether oxygens (including phenoxy) is 1. The number of rotatable bonds is 6. The van der Waals surface area contributed by atoms with Gasteiger partial charge in [-0.15, -0.1) is 0 Å². The van der Waals surface area contributed by atoms with Gasteiger partial charge in [-0.25, -0.2) is 9.97 Å². The standard InChI is InChI=1S/C16H21N3OS/c1-11-9-18-16(19-10-11)21-12(2)15(17-3)13-5-7-14(20-4)8-6-13/h5-10,12,15,17H,1-4H3. The topological polar surface area (TPSA) is 47.0 Å². The molecule has 2 unspecified atom stereocenters. The smallest absolute Gasteiger partial charge is 0.187 e. The van der Waals surface area contributed by atoms with E-state index in [9.17, 15) is 0 Å². The van der Waals surface area contributed by atoms with Gasteiger partial charge in [0.15, 0.2) is 5.16 Å². The van der Waals surface area contributed by atoms with E-state index in [2.05, 4.69) is 34.3 Å². The molecule has 1 N–H and O–H groups in total. The maximum atomic E-state index is 5.20. The molecule has 4 nitrogen and oxygen atoms in total. The van der Waals surface area contributed by atoms with Gasteiger partial charge in [0.2, 0.25) is 0 Å². The molecule has 1 heterocycles. The summed E-state index contributed by atoms with van der Waals surface area (Å²) in [4.78, 5) is 8.72. The number of benzene rings is 1. The van der Waals surface area contributed by atoms with Crippen LogP contribution in [0, 0.1) is 6.92 Å². The summed E-state index contributed by atoms with van der Waals surface area (Å²) in [6.07, 6.45) is 3.70. The molecule has 0 aliphatic heterocycles. The third-order valence-corrected chi connectivity index (χ3v) is 4.37. The Morgan fingerprint density at radius 2 is 1.76 bits per heavy atom. The highest BCUT2D eigenvalue weighted by Crippen LogP contribution is 2.30. The Labute approximate surface area is 130 Å². The molecular formula is C16H21N3OS. The Morgan fingerprint density at radius 3 is 2.29 bits per heavy atom. The average molecular weight is 303 g/mol. The molecule has 0 saturated carbocycles. The zero-order chi connectivity index (χ0) is 15.2. The molecule has 0 saturated heterocycles. The Balaban J connectivity index is 2.09. The summed E-state index contributed by atoms with van der Waals surface area (Å²) in [6.45, 7) is 4.17. The van der Waals surface area contributed by atoms with Crippen molar-refractivity contribution in [2.45, 2.75) is 30.3 Å². The van der Waals surface area contributed by atoms with E-state index in [1.165, 1.54) is 5.56 Å². The SMILES string of the molecule is CNC(c1ccc(OC)cc1)C(C)Sc1ncc(C)cn1. The minimum atomic E-state index is 0.228. The van der Waals surface area contributed by atoms with E-state index in [1.54, 1.807) is 18.9 Å². The van der Waals surface area contributed by atoms with Gasteiger partial charge in [-0.3, -0.25) is 0 Å². The average Bonchev–Trinajstić information content (AvgIpc) is 2.51. The highest BCUT2D eigenvalue weighted by atomic mass is 32.2. The summed E-state index contributed by atoms with van der Waals surface area (Å²) in [7, 11) is 3.65. The van der Waals surface area contributed by atoms with Gasteiger partial charge in [0.05, 0.1) is 7.11 Å². The van der Waals surface area contributed by atoms with Gasteiger partial charge < -0.3 is 10.1 Å². The first-order valence-electron chi connectivity index (χ1n) is 6.90. The lowest BCUT2D eigenvalue weighted by molar-refractivity contribution is 0.414. The number of hydrogen-bond acceptors (Lipinski definition) is 5. The number of aromatic nitrogens is 2. The predicted molar refractivity (Wildman–Crippen MR) is 86.9 cm³/mol. The number of nitrogens with zero attached hydrogens (tertiary/aromatic N) is 2. The summed E-state index contributed by atoms with van der Waals surface area (Å²) < 4.78 is 5.20. The highest BCUT2D eigenvalue weighted by molar-refractivity contribution is 7.99. The molecule has 0 amide bonds. The molecule has 0 spiro atoms. The van der Waals surface area contributed by atoms with Crippen molar-refractivity contribution >= 4 is 11.8 Å². The third-order valence-electron chi connectivity index (χ3n) is 3.30. The quantitative estimate of drug-likeness (QED) is 0.656. The third kappa shape index (κ3) is 4.19. The number of nitrogens with one attached hydrogen (secondary N) is 1. The second-order valence-corrected chi connectivity index (χ2v) is 6.25. The maximum Gasteiger partial charge on any atom is 0.187 e. The van der Waals surface area contributed by atoms with E-state index in [0.717, 1.165) is 16.5 Å². The molecule has 2 aromatic rings. The van der Waals surface area contributed by atoms with Gasteiger partial charge in [0, 0.05) is 23.7 Å². The number of methoxy groups -OCH3 is 1. The Hall–Kier alpha value is -1.59. The van der Waals surface area contributed by atoms with Crippen molar-refractivity contribution in [2.24, 2.45) is 0 Å². The molecule has 2 atom stereocenters. The summed E-state index contributed by atoms with van der Waals surface area (Å²) in [5.74, 6) is 0.871. The van der Waals surface area contributed by atoms with Gasteiger partial charge in [0.25, 0.3) is 0 Å². The van der Waals surface area contributed by atoms with Crippen LogP contribution in [0.5, 0.6) is 5.75 Å². The Kier molecular flexibility index (Phi) is 5.59. The van der Waals surface area contributed by atoms with Crippen LogP contribution < -0.4 is 10.1 Å². The lowest BCUT2D eigenvalue weighted by atomic mass is 10.0. The molecule has 112 valence electrons. The summed E-state index contributed by atoms with van der Waals surface area (Å²) in [5.41, 5.74) is 2.30. The Bertz CT molecular complexity index is 557. The molecule has 21 heavy (non-hydrogen) atoms. The number of aryl methyl sites for hydroxylation is 1. The Morgan fingerprint density at radius 1 is 1.14 bits per heavy atom. The molecule has 1 aromatic heterocycles. The van der Waals surface area contributed by atoms with Gasteiger partial charge in [-0.1, -0.05) is 30.8 Å². The largest absolute Gasteiger partial charge is 0.497 e. The minimum Gasteiger partial charge on any atom is -0.497 e. The second-order valence-electron chi connectivity index (χ2n) is 4.91. The fourth-order valence-electron chi connectivity index (χ4n) is 2.16. The van der Waals surface area contributed by atoms with Gasteiger partial charge in [-0.05, 0) is 37.2 Å². The van der Waals surface area contributed by atoms with E-state index in [1.807, 2.05) is 38.5 Å². The van der Waals surface area contributed by atoms with Crippen molar-refractivity contribution in [1.82, 2.24) is 15.3 Å². The predicted octanol–water partition coefficient (Wildman–Crippen LogP) is 3.23. The van der Waals surface area contributed by atoms with Crippen molar-refractivity contribution in [1.29, 1.82) is 0 Å². The summed E-state index contributed by atoms with van der Waals surface area (Å²) in [6, 6.07) is 8.38. The molecule has 0 aliphatic rings. The van der Waals surface area contributed by atoms with Crippen molar-refractivity contribution in [3.63, 3.8) is 0 Å². The highest BCUT2D eigenvalue weighted by Gasteiger charge is 2.19. The van der Waals surface area contributed by atoms with Gasteiger partial charge in [0.1, 0.15) is 5.75 Å². The lowest BCUT2D eigenvalue weighted by Gasteiger charge is -2.23. The normalized spacial score (nSPS) is 13.7. The molecule has 0 radical (unpaired) electrons. The first kappa shape index (κ1) is 15.8.